The third-order valence-corrected chi connectivity index (χ3v) is 4.75. The van der Waals surface area contributed by atoms with Gasteiger partial charge in [0.2, 0.25) is 10.0 Å². The van der Waals surface area contributed by atoms with Crippen molar-refractivity contribution in [2.75, 3.05) is 27.7 Å². The molecular weight excluding hydrogens is 278 g/mol. The van der Waals surface area contributed by atoms with E-state index >= 15 is 0 Å². The molecule has 1 rings (SSSR count). The Morgan fingerprint density at radius 1 is 1.35 bits per heavy atom. The molecule has 0 aromatic heterocycles. The average Bonchev–Trinajstić information content (AvgIpc) is 2.44. The zero-order chi connectivity index (χ0) is 15.3. The summed E-state index contributed by atoms with van der Waals surface area (Å²) in [4.78, 5) is 12.1. The Labute approximate surface area is 120 Å². The summed E-state index contributed by atoms with van der Waals surface area (Å²) in [7, 11) is 1.19. The molecule has 0 fully saturated rings. The summed E-state index contributed by atoms with van der Waals surface area (Å²) >= 11 is 0. The van der Waals surface area contributed by atoms with Crippen molar-refractivity contribution < 1.29 is 13.2 Å². The number of carbonyl (C=O) groups excluding carboxylic acids is 1. The van der Waals surface area contributed by atoms with E-state index in [-0.39, 0.29) is 16.8 Å². The molecule has 1 aromatic rings. The topological polar surface area (TPSA) is 78.5 Å². The number of amides is 1. The average molecular weight is 299 g/mol. The van der Waals surface area contributed by atoms with Crippen molar-refractivity contribution in [3.63, 3.8) is 0 Å². The van der Waals surface area contributed by atoms with E-state index in [0.29, 0.717) is 12.1 Å². The first-order chi connectivity index (χ1) is 9.28. The fraction of sp³-hybridized carbons (Fsp3) is 0.462. The largest absolute Gasteiger partial charge is 0.350 e. The molecule has 20 heavy (non-hydrogen) atoms. The molecule has 0 aliphatic heterocycles. The van der Waals surface area contributed by atoms with E-state index in [1.807, 2.05) is 6.92 Å². The summed E-state index contributed by atoms with van der Waals surface area (Å²) in [6, 6.07) is 6.16. The van der Waals surface area contributed by atoms with Crippen LogP contribution >= 0.6 is 0 Å². The van der Waals surface area contributed by atoms with Crippen molar-refractivity contribution in [1.82, 2.24) is 14.9 Å². The normalized spacial score (nSPS) is 13.2. The monoisotopic (exact) mass is 299 g/mol. The van der Waals surface area contributed by atoms with E-state index < -0.39 is 10.0 Å². The highest BCUT2D eigenvalue weighted by molar-refractivity contribution is 7.89. The lowest BCUT2D eigenvalue weighted by atomic mass is 10.2. The van der Waals surface area contributed by atoms with Gasteiger partial charge in [0, 0.05) is 32.2 Å². The molecule has 112 valence electrons. The molecule has 0 saturated heterocycles. The first-order valence-corrected chi connectivity index (χ1v) is 7.71. The summed E-state index contributed by atoms with van der Waals surface area (Å²) in [5.41, 5.74) is 0.330. The quantitative estimate of drug-likeness (QED) is 0.790. The molecule has 0 saturated carbocycles. The Morgan fingerprint density at radius 2 is 2.00 bits per heavy atom. The lowest BCUT2D eigenvalue weighted by Gasteiger charge is -2.13. The predicted octanol–water partition coefficient (Wildman–Crippen LogP) is 0.275. The second-order valence-corrected chi connectivity index (χ2v) is 6.87. The number of carbonyl (C=O) groups is 1. The first-order valence-electron chi connectivity index (χ1n) is 6.27. The minimum atomic E-state index is -3.53. The van der Waals surface area contributed by atoms with E-state index in [4.69, 9.17) is 0 Å². The maximum atomic E-state index is 12.0. The Kier molecular flexibility index (Phi) is 5.67. The second-order valence-electron chi connectivity index (χ2n) is 4.72. The molecule has 0 radical (unpaired) electrons. The van der Waals surface area contributed by atoms with Gasteiger partial charge < -0.3 is 10.6 Å². The van der Waals surface area contributed by atoms with E-state index in [0.717, 1.165) is 4.31 Å². The van der Waals surface area contributed by atoms with Crippen molar-refractivity contribution in [2.24, 2.45) is 0 Å². The van der Waals surface area contributed by atoms with Crippen LogP contribution in [0.4, 0.5) is 0 Å². The van der Waals surface area contributed by atoms with Crippen LogP contribution in [0.3, 0.4) is 0 Å². The molecule has 0 spiro atoms. The molecule has 0 heterocycles. The van der Waals surface area contributed by atoms with Crippen molar-refractivity contribution in [2.45, 2.75) is 17.9 Å². The molecule has 0 bridgehead atoms. The molecule has 2 N–H and O–H groups in total. The van der Waals surface area contributed by atoms with Crippen molar-refractivity contribution in [1.29, 1.82) is 0 Å². The lowest BCUT2D eigenvalue weighted by Crippen LogP contribution is -2.37. The van der Waals surface area contributed by atoms with Crippen LogP contribution in [0, 0.1) is 0 Å². The van der Waals surface area contributed by atoms with Gasteiger partial charge in [0.1, 0.15) is 0 Å². The summed E-state index contributed by atoms with van der Waals surface area (Å²) < 4.78 is 25.1. The molecule has 1 atom stereocenters. The van der Waals surface area contributed by atoms with Crippen LogP contribution in [0.1, 0.15) is 17.3 Å². The number of rotatable bonds is 6. The van der Waals surface area contributed by atoms with Crippen molar-refractivity contribution in [3.05, 3.63) is 29.8 Å². The van der Waals surface area contributed by atoms with Crippen LogP contribution in [0.2, 0.25) is 0 Å². The number of sulfonamides is 1. The van der Waals surface area contributed by atoms with E-state index in [2.05, 4.69) is 10.6 Å². The van der Waals surface area contributed by atoms with Gasteiger partial charge in [0.15, 0.2) is 0 Å². The van der Waals surface area contributed by atoms with Crippen molar-refractivity contribution in [3.8, 4) is 0 Å². The minimum Gasteiger partial charge on any atom is -0.350 e. The Balaban J connectivity index is 2.91. The molecule has 1 aromatic carbocycles. The Morgan fingerprint density at radius 3 is 2.55 bits per heavy atom. The number of nitrogens with zero attached hydrogens (tertiary/aromatic N) is 1. The molecule has 6 nitrogen and oxygen atoms in total. The molecule has 0 aliphatic carbocycles. The van der Waals surface area contributed by atoms with E-state index in [9.17, 15) is 13.2 Å². The molecule has 1 unspecified atom stereocenters. The van der Waals surface area contributed by atoms with Crippen LogP contribution in [0.5, 0.6) is 0 Å². The smallest absolute Gasteiger partial charge is 0.251 e. The van der Waals surface area contributed by atoms with Crippen LogP contribution in [-0.4, -0.2) is 52.4 Å². The zero-order valence-electron chi connectivity index (χ0n) is 12.2. The second kappa shape index (κ2) is 6.83. The highest BCUT2D eigenvalue weighted by Crippen LogP contribution is 2.14. The minimum absolute atomic E-state index is 0.108. The first kappa shape index (κ1) is 16.6. The van der Waals surface area contributed by atoms with Gasteiger partial charge in [-0.25, -0.2) is 12.7 Å². The van der Waals surface area contributed by atoms with Crippen molar-refractivity contribution >= 4 is 15.9 Å². The standard InChI is InChI=1S/C13H21N3O3S/c1-10(14-2)9-15-13(17)11-6-5-7-12(8-11)20(18,19)16(3)4/h5-8,10,14H,9H2,1-4H3,(H,15,17). The molecule has 7 heteroatoms. The third kappa shape index (κ3) is 4.03. The maximum Gasteiger partial charge on any atom is 0.251 e. The summed E-state index contributed by atoms with van der Waals surface area (Å²) in [6.45, 7) is 2.41. The highest BCUT2D eigenvalue weighted by atomic mass is 32.2. The Bertz CT molecular complexity index is 570. The van der Waals surface area contributed by atoms with Gasteiger partial charge in [-0.05, 0) is 32.2 Å². The molecule has 1 amide bonds. The maximum absolute atomic E-state index is 12.0. The zero-order valence-corrected chi connectivity index (χ0v) is 13.0. The molecular formula is C13H21N3O3S. The predicted molar refractivity (Wildman–Crippen MR) is 78.2 cm³/mol. The van der Waals surface area contributed by atoms with Gasteiger partial charge in [-0.3, -0.25) is 4.79 Å². The third-order valence-electron chi connectivity index (χ3n) is 2.94. The summed E-state index contributed by atoms with van der Waals surface area (Å²) in [6.07, 6.45) is 0. The van der Waals surface area contributed by atoms with Crippen LogP contribution in [0.15, 0.2) is 29.2 Å². The van der Waals surface area contributed by atoms with Gasteiger partial charge in [-0.2, -0.15) is 0 Å². The highest BCUT2D eigenvalue weighted by Gasteiger charge is 2.18. The number of nitrogens with one attached hydrogen (secondary N) is 2. The van der Waals surface area contributed by atoms with Gasteiger partial charge in [-0.1, -0.05) is 6.07 Å². The van der Waals surface area contributed by atoms with Crippen LogP contribution < -0.4 is 10.6 Å². The fourth-order valence-electron chi connectivity index (χ4n) is 1.46. The van der Waals surface area contributed by atoms with Gasteiger partial charge in [0.25, 0.3) is 5.91 Å². The lowest BCUT2D eigenvalue weighted by molar-refractivity contribution is 0.0950. The number of hydrogen-bond acceptors (Lipinski definition) is 4. The molecule has 0 aliphatic rings. The number of hydrogen-bond donors (Lipinski definition) is 2. The summed E-state index contributed by atoms with van der Waals surface area (Å²) in [5, 5.41) is 5.75. The SMILES string of the molecule is CNC(C)CNC(=O)c1cccc(S(=O)(=O)N(C)C)c1. The number of likely N-dealkylation sites (N-methyl/N-ethyl adjacent to an activating group) is 1. The Hall–Kier alpha value is -1.44. The van der Waals surface area contributed by atoms with E-state index in [1.54, 1.807) is 19.2 Å². The van der Waals surface area contributed by atoms with Gasteiger partial charge >= 0.3 is 0 Å². The summed E-state index contributed by atoms with van der Waals surface area (Å²) in [5.74, 6) is -0.289. The van der Waals surface area contributed by atoms with Gasteiger partial charge in [0.05, 0.1) is 4.90 Å². The van der Waals surface area contributed by atoms with Crippen LogP contribution in [-0.2, 0) is 10.0 Å². The van der Waals surface area contributed by atoms with Crippen LogP contribution in [0.25, 0.3) is 0 Å². The van der Waals surface area contributed by atoms with E-state index in [1.165, 1.54) is 26.2 Å². The van der Waals surface area contributed by atoms with Gasteiger partial charge in [-0.15, -0.1) is 0 Å². The number of benzene rings is 1. The fourth-order valence-corrected chi connectivity index (χ4v) is 2.41.